The van der Waals surface area contributed by atoms with E-state index in [-0.39, 0.29) is 0 Å². The molecule has 0 heterocycles. The third kappa shape index (κ3) is 10.1. The van der Waals surface area contributed by atoms with Crippen molar-refractivity contribution in [1.29, 1.82) is 0 Å². The molecular weight excluding hydrogens is 224 g/mol. The second-order valence-electron chi connectivity index (χ2n) is 3.69. The van der Waals surface area contributed by atoms with Crippen molar-refractivity contribution in [2.24, 2.45) is 0 Å². The molecule has 0 atom stereocenters. The molecule has 0 radical (unpaired) electrons. The summed E-state index contributed by atoms with van der Waals surface area (Å²) in [6.45, 7) is 4.52. The number of rotatable bonds is 8. The van der Waals surface area contributed by atoms with E-state index < -0.39 is 0 Å². The van der Waals surface area contributed by atoms with Gasteiger partial charge in [-0.25, -0.2) is 0 Å². The molecule has 78 valence electrons. The second-order valence-corrected chi connectivity index (χ2v) is 4.49. The lowest BCUT2D eigenvalue weighted by molar-refractivity contribution is 0.630. The van der Waals surface area contributed by atoms with E-state index in [1.165, 1.54) is 44.9 Å². The first-order chi connectivity index (χ1) is 6.31. The molecule has 13 heavy (non-hydrogen) atoms. The zero-order valence-electron chi connectivity index (χ0n) is 9.11. The molecule has 1 heteroatoms. The maximum Gasteiger partial charge on any atom is 0.00660 e. The van der Waals surface area contributed by atoms with Crippen LogP contribution in [0.4, 0.5) is 0 Å². The summed E-state index contributed by atoms with van der Waals surface area (Å²) < 4.78 is 0. The summed E-state index contributed by atoms with van der Waals surface area (Å²) in [6, 6.07) is 0. The Morgan fingerprint density at radius 3 is 2.46 bits per heavy atom. The molecule has 0 unspecified atom stereocenters. The fraction of sp³-hybridized carbons (Fsp3) is 0.833. The highest BCUT2D eigenvalue weighted by Gasteiger charge is 1.91. The molecule has 0 N–H and O–H groups in total. The lowest BCUT2D eigenvalue weighted by Gasteiger charge is -2.01. The predicted octanol–water partition coefficient (Wildman–Crippen LogP) is 5.08. The molecule has 0 amide bonds. The summed E-state index contributed by atoms with van der Waals surface area (Å²) in [7, 11) is 0. The molecule has 0 saturated heterocycles. The summed E-state index contributed by atoms with van der Waals surface area (Å²) in [5.74, 6) is 0. The molecule has 0 nitrogen and oxygen atoms in total. The Bertz CT molecular complexity index is 127. The summed E-state index contributed by atoms with van der Waals surface area (Å²) in [5, 5.41) is 1.10. The number of halogens is 1. The van der Waals surface area contributed by atoms with Crippen LogP contribution in [0.1, 0.15) is 58.8 Å². The fourth-order valence-electron chi connectivity index (χ4n) is 1.41. The van der Waals surface area contributed by atoms with Crippen LogP contribution in [0.3, 0.4) is 0 Å². The monoisotopic (exact) mass is 246 g/mol. The average molecular weight is 247 g/mol. The van der Waals surface area contributed by atoms with Crippen molar-refractivity contribution in [2.75, 3.05) is 5.33 Å². The van der Waals surface area contributed by atoms with Crippen LogP contribution in [-0.2, 0) is 0 Å². The van der Waals surface area contributed by atoms with E-state index in [0.717, 1.165) is 5.33 Å². The third-order valence-corrected chi connectivity index (χ3v) is 2.73. The topological polar surface area (TPSA) is 0 Å². The first kappa shape index (κ1) is 13.2. The van der Waals surface area contributed by atoms with Crippen molar-refractivity contribution in [3.05, 3.63) is 11.6 Å². The molecule has 0 aromatic carbocycles. The average Bonchev–Trinajstić information content (AvgIpc) is 2.14. The predicted molar refractivity (Wildman–Crippen MR) is 65.5 cm³/mol. The number of hydrogen-bond donors (Lipinski definition) is 0. The van der Waals surface area contributed by atoms with Gasteiger partial charge in [-0.15, -0.1) is 0 Å². The fourth-order valence-corrected chi connectivity index (χ4v) is 1.64. The zero-order valence-corrected chi connectivity index (χ0v) is 10.7. The van der Waals surface area contributed by atoms with E-state index in [1.807, 2.05) is 0 Å². The van der Waals surface area contributed by atoms with Crippen LogP contribution in [0, 0.1) is 0 Å². The van der Waals surface area contributed by atoms with Gasteiger partial charge in [-0.3, -0.25) is 0 Å². The van der Waals surface area contributed by atoms with Gasteiger partial charge < -0.3 is 0 Å². The van der Waals surface area contributed by atoms with E-state index >= 15 is 0 Å². The summed E-state index contributed by atoms with van der Waals surface area (Å²) in [5.41, 5.74) is 1.57. The highest BCUT2D eigenvalue weighted by molar-refractivity contribution is 9.09. The smallest absolute Gasteiger partial charge is 0.00660 e. The second kappa shape index (κ2) is 10.3. The van der Waals surface area contributed by atoms with Gasteiger partial charge in [0.25, 0.3) is 0 Å². The zero-order chi connectivity index (χ0) is 9.94. The summed E-state index contributed by atoms with van der Waals surface area (Å²) in [6.07, 6.45) is 11.8. The minimum atomic E-state index is 1.10. The van der Waals surface area contributed by atoms with Gasteiger partial charge in [0, 0.05) is 5.33 Å². The van der Waals surface area contributed by atoms with Gasteiger partial charge in [-0.05, 0) is 26.2 Å². The molecule has 0 bridgehead atoms. The van der Waals surface area contributed by atoms with Crippen LogP contribution in [0.25, 0.3) is 0 Å². The molecule has 0 aliphatic rings. The van der Waals surface area contributed by atoms with Crippen LogP contribution in [0.5, 0.6) is 0 Å². The van der Waals surface area contributed by atoms with Gasteiger partial charge >= 0.3 is 0 Å². The standard InChI is InChI=1S/C12H23Br/c1-3-4-5-6-7-9-12(2)10-8-11-13/h10H,3-9,11H2,1-2H3/b12-10-. The lowest BCUT2D eigenvalue weighted by atomic mass is 10.1. The van der Waals surface area contributed by atoms with Crippen molar-refractivity contribution >= 4 is 15.9 Å². The minimum Gasteiger partial charge on any atom is -0.0925 e. The third-order valence-electron chi connectivity index (χ3n) is 2.28. The van der Waals surface area contributed by atoms with Gasteiger partial charge in [0.05, 0.1) is 0 Å². The van der Waals surface area contributed by atoms with Crippen LogP contribution in [0.15, 0.2) is 11.6 Å². The number of hydrogen-bond acceptors (Lipinski definition) is 0. The van der Waals surface area contributed by atoms with Crippen molar-refractivity contribution in [2.45, 2.75) is 58.8 Å². The Morgan fingerprint density at radius 2 is 1.85 bits per heavy atom. The van der Waals surface area contributed by atoms with E-state index in [9.17, 15) is 0 Å². The Labute approximate surface area is 91.9 Å². The molecule has 0 spiro atoms. The molecule has 0 aliphatic carbocycles. The summed E-state index contributed by atoms with van der Waals surface area (Å²) in [4.78, 5) is 0. The molecule has 0 rings (SSSR count). The minimum absolute atomic E-state index is 1.10. The van der Waals surface area contributed by atoms with E-state index in [0.29, 0.717) is 0 Å². The Kier molecular flexibility index (Phi) is 10.5. The molecular formula is C12H23Br. The van der Waals surface area contributed by atoms with E-state index in [1.54, 1.807) is 5.57 Å². The highest BCUT2D eigenvalue weighted by atomic mass is 79.9. The number of alkyl halides is 1. The van der Waals surface area contributed by atoms with Crippen molar-refractivity contribution in [3.63, 3.8) is 0 Å². The maximum absolute atomic E-state index is 3.44. The maximum atomic E-state index is 3.44. The normalized spacial score (nSPS) is 12.1. The molecule has 0 aliphatic heterocycles. The van der Waals surface area contributed by atoms with Crippen LogP contribution in [-0.4, -0.2) is 5.33 Å². The Balaban J connectivity index is 3.21. The van der Waals surface area contributed by atoms with Crippen molar-refractivity contribution in [3.8, 4) is 0 Å². The first-order valence-corrected chi connectivity index (χ1v) is 6.65. The number of allylic oxidation sites excluding steroid dienone is 2. The van der Waals surface area contributed by atoms with Gasteiger partial charge in [0.15, 0.2) is 0 Å². The summed E-state index contributed by atoms with van der Waals surface area (Å²) >= 11 is 3.44. The van der Waals surface area contributed by atoms with Gasteiger partial charge in [0.2, 0.25) is 0 Å². The molecule has 0 aromatic rings. The quantitative estimate of drug-likeness (QED) is 0.319. The lowest BCUT2D eigenvalue weighted by Crippen LogP contribution is -1.81. The molecule has 0 aromatic heterocycles. The molecule has 0 fully saturated rings. The van der Waals surface area contributed by atoms with Crippen LogP contribution >= 0.6 is 15.9 Å². The van der Waals surface area contributed by atoms with Crippen LogP contribution < -0.4 is 0 Å². The highest BCUT2D eigenvalue weighted by Crippen LogP contribution is 2.11. The number of unbranched alkanes of at least 4 members (excludes halogenated alkanes) is 4. The van der Waals surface area contributed by atoms with Crippen molar-refractivity contribution in [1.82, 2.24) is 0 Å². The Hall–Kier alpha value is 0.220. The molecule has 0 saturated carbocycles. The van der Waals surface area contributed by atoms with Gasteiger partial charge in [-0.2, -0.15) is 0 Å². The first-order valence-electron chi connectivity index (χ1n) is 5.52. The van der Waals surface area contributed by atoms with E-state index in [4.69, 9.17) is 0 Å². The van der Waals surface area contributed by atoms with Crippen molar-refractivity contribution < 1.29 is 0 Å². The SMILES string of the molecule is CCCCCCC/C(C)=C\CCBr. The Morgan fingerprint density at radius 1 is 1.15 bits per heavy atom. The largest absolute Gasteiger partial charge is 0.0925 e. The van der Waals surface area contributed by atoms with E-state index in [2.05, 4.69) is 35.9 Å². The van der Waals surface area contributed by atoms with Gasteiger partial charge in [-0.1, -0.05) is 60.2 Å². The van der Waals surface area contributed by atoms with Gasteiger partial charge in [0.1, 0.15) is 0 Å². The van der Waals surface area contributed by atoms with Crippen LogP contribution in [0.2, 0.25) is 0 Å².